The van der Waals surface area contributed by atoms with Gasteiger partial charge in [0.25, 0.3) is 0 Å². The Bertz CT molecular complexity index is 827. The summed E-state index contributed by atoms with van der Waals surface area (Å²) in [6.07, 6.45) is 3.24. The van der Waals surface area contributed by atoms with Crippen LogP contribution in [0.1, 0.15) is 87.5 Å². The first-order chi connectivity index (χ1) is 15.6. The molecule has 1 saturated carbocycles. The fourth-order valence-corrected chi connectivity index (χ4v) is 4.18. The van der Waals surface area contributed by atoms with Gasteiger partial charge in [0.15, 0.2) is 0 Å². The number of imide groups is 1. The number of carbonyl (C=O) groups excluding carboxylic acids is 2. The van der Waals surface area contributed by atoms with Crippen molar-refractivity contribution in [3.05, 3.63) is 12.3 Å². The number of amides is 2. The van der Waals surface area contributed by atoms with E-state index >= 15 is 4.39 Å². The maximum Gasteiger partial charge on any atom is 0.425 e. The van der Waals surface area contributed by atoms with E-state index in [1.807, 2.05) is 0 Å². The lowest BCUT2D eigenvalue weighted by molar-refractivity contribution is 0.0136. The number of alkyl halides is 1. The molecular formula is C25H39ClFN3O4. The Morgan fingerprint density at radius 1 is 1.15 bits per heavy atom. The quantitative estimate of drug-likeness (QED) is 0.300. The lowest BCUT2D eigenvalue weighted by Gasteiger charge is -2.43. The van der Waals surface area contributed by atoms with E-state index in [-0.39, 0.29) is 18.2 Å². The van der Waals surface area contributed by atoms with Gasteiger partial charge in [0.05, 0.1) is 5.54 Å². The molecule has 1 heterocycles. The van der Waals surface area contributed by atoms with E-state index in [1.54, 1.807) is 67.7 Å². The highest BCUT2D eigenvalue weighted by atomic mass is 35.5. The number of ether oxygens (including phenoxy) is 2. The molecule has 0 radical (unpaired) electrons. The summed E-state index contributed by atoms with van der Waals surface area (Å²) in [5.74, 6) is -0.455. The van der Waals surface area contributed by atoms with Crippen molar-refractivity contribution in [2.45, 2.75) is 110 Å². The molecule has 0 aromatic rings. The van der Waals surface area contributed by atoms with Gasteiger partial charge in [-0.05, 0) is 67.2 Å². The third-order valence-corrected chi connectivity index (χ3v) is 6.14. The maximum absolute atomic E-state index is 16.0. The zero-order chi connectivity index (χ0) is 25.9. The van der Waals surface area contributed by atoms with Gasteiger partial charge in [-0.1, -0.05) is 31.0 Å². The fraction of sp³-hybridized carbons (Fsp3) is 0.760. The van der Waals surface area contributed by atoms with Crippen molar-refractivity contribution in [2.75, 3.05) is 0 Å². The number of hydrogen-bond donors (Lipinski definition) is 0. The molecule has 0 saturated heterocycles. The van der Waals surface area contributed by atoms with Gasteiger partial charge in [-0.25, -0.2) is 19.0 Å². The van der Waals surface area contributed by atoms with Gasteiger partial charge in [-0.15, -0.1) is 0 Å². The Morgan fingerprint density at radius 2 is 1.68 bits per heavy atom. The van der Waals surface area contributed by atoms with Gasteiger partial charge in [-0.3, -0.25) is 4.99 Å². The second-order valence-corrected chi connectivity index (χ2v) is 11.6. The molecule has 1 aliphatic carbocycles. The van der Waals surface area contributed by atoms with Crippen molar-refractivity contribution in [1.82, 2.24) is 4.90 Å². The van der Waals surface area contributed by atoms with Crippen LogP contribution in [-0.2, 0) is 9.47 Å². The number of carbonyl (C=O) groups is 2. The summed E-state index contributed by atoms with van der Waals surface area (Å²) < 4.78 is 27.0. The second-order valence-electron chi connectivity index (χ2n) is 11.2. The number of aliphatic imine (C=N–C) groups is 2. The van der Waals surface area contributed by atoms with Crippen molar-refractivity contribution >= 4 is 34.8 Å². The molecule has 1 aliphatic heterocycles. The molecule has 2 amide bonds. The summed E-state index contributed by atoms with van der Waals surface area (Å²) >= 11 is 6.20. The molecule has 192 valence electrons. The highest BCUT2D eigenvalue weighted by Crippen LogP contribution is 2.43. The summed E-state index contributed by atoms with van der Waals surface area (Å²) in [4.78, 5) is 36.0. The average Bonchev–Trinajstić information content (AvgIpc) is 2.62. The van der Waals surface area contributed by atoms with E-state index in [9.17, 15) is 9.59 Å². The zero-order valence-electron chi connectivity index (χ0n) is 21.7. The maximum atomic E-state index is 16.0. The molecule has 0 N–H and O–H groups in total. The smallest absolute Gasteiger partial charge is 0.425 e. The first kappa shape index (κ1) is 28.3. The van der Waals surface area contributed by atoms with Crippen LogP contribution in [0.2, 0.25) is 0 Å². The van der Waals surface area contributed by atoms with Crippen molar-refractivity contribution in [2.24, 2.45) is 21.8 Å². The summed E-state index contributed by atoms with van der Waals surface area (Å²) in [5.41, 5.74) is -2.99. The Morgan fingerprint density at radius 3 is 2.06 bits per heavy atom. The van der Waals surface area contributed by atoms with Crippen LogP contribution in [0.3, 0.4) is 0 Å². The minimum absolute atomic E-state index is 0.0833. The van der Waals surface area contributed by atoms with Crippen LogP contribution in [-0.4, -0.2) is 51.0 Å². The minimum atomic E-state index is -1.29. The van der Waals surface area contributed by atoms with Gasteiger partial charge < -0.3 is 9.47 Å². The van der Waals surface area contributed by atoms with Crippen molar-refractivity contribution < 1.29 is 23.5 Å². The van der Waals surface area contributed by atoms with Crippen molar-refractivity contribution in [3.63, 3.8) is 0 Å². The molecular weight excluding hydrogens is 461 g/mol. The number of rotatable bonds is 5. The fourth-order valence-electron chi connectivity index (χ4n) is 3.96. The number of halogens is 2. The molecule has 34 heavy (non-hydrogen) atoms. The summed E-state index contributed by atoms with van der Waals surface area (Å²) in [5, 5.41) is 0.365. The van der Waals surface area contributed by atoms with Crippen LogP contribution in [0.4, 0.5) is 14.0 Å². The average molecular weight is 500 g/mol. The van der Waals surface area contributed by atoms with Gasteiger partial charge in [0.2, 0.25) is 0 Å². The lowest BCUT2D eigenvalue weighted by Crippen LogP contribution is -2.52. The van der Waals surface area contributed by atoms with E-state index in [0.717, 1.165) is 24.2 Å². The monoisotopic (exact) mass is 499 g/mol. The Balaban J connectivity index is 2.57. The molecule has 0 aromatic carbocycles. The molecule has 2 aliphatic rings. The van der Waals surface area contributed by atoms with Crippen LogP contribution in [0.5, 0.6) is 0 Å². The Kier molecular flexibility index (Phi) is 8.94. The summed E-state index contributed by atoms with van der Waals surface area (Å²) in [6.45, 7) is 13.7. The first-order valence-corrected chi connectivity index (χ1v) is 12.3. The zero-order valence-corrected chi connectivity index (χ0v) is 22.4. The van der Waals surface area contributed by atoms with E-state index in [2.05, 4.69) is 4.99 Å². The number of amidine groups is 1. The summed E-state index contributed by atoms with van der Waals surface area (Å²) in [6, 6.07) is 0. The SMILES string of the molecule is CCC(=NC(C)(C1C=CN=C(Cl)C1)C(F)C1CCC1)N(C(=O)OC(C)(C)C)C(=O)OC(C)(C)C. The molecule has 0 bridgehead atoms. The van der Waals surface area contributed by atoms with E-state index < -0.39 is 41.0 Å². The molecule has 2 rings (SSSR count). The van der Waals surface area contributed by atoms with Gasteiger partial charge in [0, 0.05) is 25.0 Å². The molecule has 9 heteroatoms. The predicted octanol–water partition coefficient (Wildman–Crippen LogP) is 7.03. The number of hydrogen-bond acceptors (Lipinski definition) is 6. The molecule has 0 aromatic heterocycles. The third kappa shape index (κ3) is 7.27. The lowest BCUT2D eigenvalue weighted by atomic mass is 9.69. The van der Waals surface area contributed by atoms with Crippen LogP contribution >= 0.6 is 11.6 Å². The minimum Gasteiger partial charge on any atom is -0.443 e. The van der Waals surface area contributed by atoms with E-state index in [1.165, 1.54) is 0 Å². The standard InChI is InChI=1S/C25H39ClFN3O4/c1-9-19(30(21(31)33-23(2,3)4)22(32)34-24(5,6)7)29-25(8,20(27)16-11-10-12-16)17-13-14-28-18(26)15-17/h13-14,16-17,20H,9-12,15H2,1-8H3. The van der Waals surface area contributed by atoms with Crippen LogP contribution in [0.15, 0.2) is 22.3 Å². The summed E-state index contributed by atoms with van der Waals surface area (Å²) in [7, 11) is 0. The van der Waals surface area contributed by atoms with Crippen LogP contribution < -0.4 is 0 Å². The largest absolute Gasteiger partial charge is 0.443 e. The molecule has 3 unspecified atom stereocenters. The highest BCUT2D eigenvalue weighted by molar-refractivity contribution is 6.65. The van der Waals surface area contributed by atoms with E-state index in [0.29, 0.717) is 11.6 Å². The molecule has 1 fully saturated rings. The van der Waals surface area contributed by atoms with Crippen LogP contribution in [0.25, 0.3) is 0 Å². The van der Waals surface area contributed by atoms with Gasteiger partial charge in [-0.2, -0.15) is 4.90 Å². The first-order valence-electron chi connectivity index (χ1n) is 11.9. The Hall–Kier alpha value is -1.96. The predicted molar refractivity (Wildman–Crippen MR) is 133 cm³/mol. The topological polar surface area (TPSA) is 80.6 Å². The highest BCUT2D eigenvalue weighted by Gasteiger charge is 2.48. The second kappa shape index (κ2) is 10.8. The molecule has 0 spiro atoms. The van der Waals surface area contributed by atoms with Gasteiger partial charge >= 0.3 is 12.2 Å². The van der Waals surface area contributed by atoms with Crippen LogP contribution in [0, 0.1) is 11.8 Å². The number of nitrogens with zero attached hydrogens (tertiary/aromatic N) is 3. The van der Waals surface area contributed by atoms with Crippen molar-refractivity contribution in [1.29, 1.82) is 0 Å². The van der Waals surface area contributed by atoms with E-state index in [4.69, 9.17) is 26.1 Å². The molecule has 7 nitrogen and oxygen atoms in total. The third-order valence-electron chi connectivity index (χ3n) is 5.89. The van der Waals surface area contributed by atoms with Crippen molar-refractivity contribution in [3.8, 4) is 0 Å². The Labute approximate surface area is 207 Å². The van der Waals surface area contributed by atoms with Gasteiger partial charge in [0.1, 0.15) is 28.4 Å². The molecule has 3 atom stereocenters. The normalized spacial score (nSPS) is 22.2.